The summed E-state index contributed by atoms with van der Waals surface area (Å²) < 4.78 is 43.6. The summed E-state index contributed by atoms with van der Waals surface area (Å²) in [7, 11) is 0. The first-order chi connectivity index (χ1) is 15.6. The first-order valence-corrected chi connectivity index (χ1v) is 10.6. The summed E-state index contributed by atoms with van der Waals surface area (Å²) in [6.07, 6.45) is -1.81. The molecule has 0 radical (unpaired) electrons. The van der Waals surface area contributed by atoms with Crippen LogP contribution in [0.15, 0.2) is 29.3 Å². The van der Waals surface area contributed by atoms with Crippen LogP contribution in [-0.2, 0) is 15.7 Å². The first kappa shape index (κ1) is 24.5. The minimum Gasteiger partial charge on any atom is -0.379 e. The Bertz CT molecular complexity index is 988. The summed E-state index contributed by atoms with van der Waals surface area (Å²) in [6, 6.07) is 2.29. The highest BCUT2D eigenvalue weighted by molar-refractivity contribution is 5.76. The average Bonchev–Trinajstić information content (AvgIpc) is 2.79. The van der Waals surface area contributed by atoms with Gasteiger partial charge in [-0.3, -0.25) is 9.59 Å². The van der Waals surface area contributed by atoms with E-state index in [1.54, 1.807) is 11.8 Å². The molecule has 2 aromatic rings. The van der Waals surface area contributed by atoms with Crippen molar-refractivity contribution < 1.29 is 22.7 Å². The lowest BCUT2D eigenvalue weighted by Crippen LogP contribution is -2.49. The lowest BCUT2D eigenvalue weighted by molar-refractivity contribution is -0.138. The van der Waals surface area contributed by atoms with E-state index in [0.29, 0.717) is 49.9 Å². The molecule has 180 valence electrons. The molecule has 9 nitrogen and oxygen atoms in total. The SMILES string of the molecule is Cc1c(N[C@@H](C)COCCC(=O)N2CCN(c3ccc(C(F)(F)F)cn3)CC2)cn[nH]c1=O. The van der Waals surface area contributed by atoms with E-state index in [0.717, 1.165) is 12.3 Å². The fraction of sp³-hybridized carbons (Fsp3) is 0.524. The van der Waals surface area contributed by atoms with E-state index in [1.165, 1.54) is 12.3 Å². The molecule has 0 spiro atoms. The number of carbonyl (C=O) groups is 1. The van der Waals surface area contributed by atoms with E-state index in [2.05, 4.69) is 20.5 Å². The fourth-order valence-electron chi connectivity index (χ4n) is 3.41. The van der Waals surface area contributed by atoms with Gasteiger partial charge in [0, 0.05) is 44.0 Å². The maximum atomic E-state index is 12.7. The minimum atomic E-state index is -4.41. The molecule has 33 heavy (non-hydrogen) atoms. The first-order valence-electron chi connectivity index (χ1n) is 10.6. The summed E-state index contributed by atoms with van der Waals surface area (Å²) in [5.74, 6) is 0.427. The Morgan fingerprint density at radius 3 is 2.61 bits per heavy atom. The number of aromatic nitrogens is 3. The van der Waals surface area contributed by atoms with Crippen LogP contribution in [0.3, 0.4) is 0 Å². The molecular weight excluding hydrogens is 441 g/mol. The van der Waals surface area contributed by atoms with Gasteiger partial charge in [-0.05, 0) is 26.0 Å². The predicted octanol–water partition coefficient (Wildman–Crippen LogP) is 2.05. The van der Waals surface area contributed by atoms with Crippen molar-refractivity contribution in [3.8, 4) is 0 Å². The van der Waals surface area contributed by atoms with Crippen molar-refractivity contribution in [1.82, 2.24) is 20.1 Å². The number of rotatable bonds is 8. The third-order valence-electron chi connectivity index (χ3n) is 5.37. The number of pyridine rings is 1. The van der Waals surface area contributed by atoms with Crippen molar-refractivity contribution in [1.29, 1.82) is 0 Å². The minimum absolute atomic E-state index is 0.0368. The number of H-pyrrole nitrogens is 1. The van der Waals surface area contributed by atoms with Crippen molar-refractivity contribution in [2.24, 2.45) is 0 Å². The molecule has 1 aliphatic rings. The van der Waals surface area contributed by atoms with Gasteiger partial charge < -0.3 is 19.9 Å². The molecule has 2 N–H and O–H groups in total. The molecule has 1 fully saturated rings. The lowest BCUT2D eigenvalue weighted by atomic mass is 10.2. The summed E-state index contributed by atoms with van der Waals surface area (Å²) >= 11 is 0. The molecule has 12 heteroatoms. The second-order valence-electron chi connectivity index (χ2n) is 7.88. The van der Waals surface area contributed by atoms with Crippen LogP contribution in [0.1, 0.15) is 24.5 Å². The molecule has 0 bridgehead atoms. The van der Waals surface area contributed by atoms with Crippen LogP contribution in [0.2, 0.25) is 0 Å². The Labute approximate surface area is 188 Å². The van der Waals surface area contributed by atoms with Crippen molar-refractivity contribution in [3.63, 3.8) is 0 Å². The van der Waals surface area contributed by atoms with Crippen molar-refractivity contribution in [2.45, 2.75) is 32.5 Å². The van der Waals surface area contributed by atoms with E-state index >= 15 is 0 Å². The summed E-state index contributed by atoms with van der Waals surface area (Å²) in [5, 5.41) is 9.28. The number of aromatic amines is 1. The molecule has 1 aliphatic heterocycles. The Morgan fingerprint density at radius 2 is 1.97 bits per heavy atom. The predicted molar refractivity (Wildman–Crippen MR) is 116 cm³/mol. The zero-order valence-electron chi connectivity index (χ0n) is 18.5. The Morgan fingerprint density at radius 1 is 1.24 bits per heavy atom. The van der Waals surface area contributed by atoms with Crippen LogP contribution >= 0.6 is 0 Å². The highest BCUT2D eigenvalue weighted by Gasteiger charge is 2.31. The van der Waals surface area contributed by atoms with E-state index in [1.807, 2.05) is 11.8 Å². The number of halogens is 3. The molecule has 2 aromatic heterocycles. The third kappa shape index (κ3) is 6.67. The molecule has 0 aliphatic carbocycles. The Balaban J connectivity index is 1.36. The highest BCUT2D eigenvalue weighted by atomic mass is 19.4. The molecule has 3 rings (SSSR count). The topological polar surface area (TPSA) is 103 Å². The normalized spacial score (nSPS) is 15.4. The molecule has 1 atom stereocenters. The van der Waals surface area contributed by atoms with Gasteiger partial charge in [-0.15, -0.1) is 0 Å². The zero-order valence-corrected chi connectivity index (χ0v) is 18.5. The van der Waals surface area contributed by atoms with Gasteiger partial charge in [0.25, 0.3) is 5.56 Å². The second-order valence-corrected chi connectivity index (χ2v) is 7.88. The van der Waals surface area contributed by atoms with Crippen LogP contribution in [0.25, 0.3) is 0 Å². The number of nitrogens with one attached hydrogen (secondary N) is 2. The smallest absolute Gasteiger partial charge is 0.379 e. The number of anilines is 2. The van der Waals surface area contributed by atoms with Gasteiger partial charge in [-0.1, -0.05) is 0 Å². The summed E-state index contributed by atoms with van der Waals surface area (Å²) in [4.78, 5) is 31.5. The lowest BCUT2D eigenvalue weighted by Gasteiger charge is -2.35. The summed E-state index contributed by atoms with van der Waals surface area (Å²) in [5.41, 5.74) is 0.130. The maximum absolute atomic E-state index is 12.7. The van der Waals surface area contributed by atoms with E-state index in [9.17, 15) is 22.8 Å². The average molecular weight is 468 g/mol. The number of alkyl halides is 3. The Kier molecular flexibility index (Phi) is 7.90. The number of piperazine rings is 1. The van der Waals surface area contributed by atoms with Gasteiger partial charge in [0.05, 0.1) is 37.1 Å². The van der Waals surface area contributed by atoms with Gasteiger partial charge in [-0.25, -0.2) is 10.1 Å². The molecule has 3 heterocycles. The van der Waals surface area contributed by atoms with Gasteiger partial charge in [0.15, 0.2) is 0 Å². The van der Waals surface area contributed by atoms with E-state index in [-0.39, 0.29) is 30.5 Å². The largest absolute Gasteiger partial charge is 0.417 e. The third-order valence-corrected chi connectivity index (χ3v) is 5.37. The molecule has 1 saturated heterocycles. The van der Waals surface area contributed by atoms with Crippen molar-refractivity contribution in [2.75, 3.05) is 49.6 Å². The van der Waals surface area contributed by atoms with Crippen molar-refractivity contribution >= 4 is 17.4 Å². The fourth-order valence-corrected chi connectivity index (χ4v) is 3.41. The number of carbonyl (C=O) groups excluding carboxylic acids is 1. The van der Waals surface area contributed by atoms with Crippen LogP contribution < -0.4 is 15.8 Å². The highest BCUT2D eigenvalue weighted by Crippen LogP contribution is 2.29. The Hall–Kier alpha value is -3.15. The van der Waals surface area contributed by atoms with Crippen LogP contribution in [0.5, 0.6) is 0 Å². The maximum Gasteiger partial charge on any atom is 0.417 e. The quantitative estimate of drug-likeness (QED) is 0.572. The van der Waals surface area contributed by atoms with Crippen LogP contribution in [0, 0.1) is 6.92 Å². The molecule has 0 unspecified atom stereocenters. The number of hydrogen-bond donors (Lipinski definition) is 2. The monoisotopic (exact) mass is 468 g/mol. The van der Waals surface area contributed by atoms with Gasteiger partial charge >= 0.3 is 6.18 Å². The summed E-state index contributed by atoms with van der Waals surface area (Å²) in [6.45, 7) is 6.14. The number of amides is 1. The zero-order chi connectivity index (χ0) is 24.0. The van der Waals surface area contributed by atoms with E-state index < -0.39 is 11.7 Å². The molecule has 1 amide bonds. The second kappa shape index (κ2) is 10.6. The van der Waals surface area contributed by atoms with Crippen LogP contribution in [0.4, 0.5) is 24.7 Å². The van der Waals surface area contributed by atoms with Gasteiger partial charge in [0.2, 0.25) is 5.91 Å². The molecule has 0 saturated carbocycles. The number of hydrogen-bond acceptors (Lipinski definition) is 7. The van der Waals surface area contributed by atoms with E-state index in [4.69, 9.17) is 4.74 Å². The number of nitrogens with zero attached hydrogens (tertiary/aromatic N) is 4. The number of ether oxygens (including phenoxy) is 1. The van der Waals surface area contributed by atoms with Gasteiger partial charge in [-0.2, -0.15) is 18.3 Å². The molecular formula is C21H27F3N6O3. The van der Waals surface area contributed by atoms with Crippen molar-refractivity contribution in [3.05, 3.63) is 46.0 Å². The standard InChI is InChI=1S/C21H27F3N6O3/c1-14(27-17-12-26-28-20(32)15(17)2)13-33-10-5-19(31)30-8-6-29(7-9-30)18-4-3-16(11-25-18)21(22,23)24/h3-4,11-12,14H,5-10,13H2,1-2H3,(H2,27,28,32)/t14-/m0/s1. The molecule has 0 aromatic carbocycles. The van der Waals surface area contributed by atoms with Gasteiger partial charge in [0.1, 0.15) is 5.82 Å². The van der Waals surface area contributed by atoms with Crippen LogP contribution in [-0.4, -0.2) is 71.4 Å².